The number of allylic oxidation sites excluding steroid dienone is 3. The van der Waals surface area contributed by atoms with Crippen molar-refractivity contribution in [1.82, 2.24) is 4.90 Å². The van der Waals surface area contributed by atoms with E-state index in [-0.39, 0.29) is 31.7 Å². The van der Waals surface area contributed by atoms with Gasteiger partial charge in [-0.05, 0) is 79.4 Å². The van der Waals surface area contributed by atoms with E-state index in [1.54, 1.807) is 72.7 Å². The van der Waals surface area contributed by atoms with Crippen LogP contribution in [0.25, 0.3) is 0 Å². The van der Waals surface area contributed by atoms with Gasteiger partial charge in [-0.1, -0.05) is 52.2 Å². The fraction of sp³-hybridized carbons (Fsp3) is 0.830. The lowest BCUT2D eigenvalue weighted by Crippen LogP contribution is -2.65. The number of ketones is 1. The number of hydrogen-bond acceptors (Lipinski definition) is 20. The number of esters is 3. The first-order valence-corrected chi connectivity index (χ1v) is 24.9. The van der Waals surface area contributed by atoms with Crippen LogP contribution in [0.4, 0.5) is 0 Å². The molecule has 3 N–H and O–H groups in total. The lowest BCUT2D eigenvalue weighted by Gasteiger charge is -2.50. The third-order valence-electron chi connectivity index (χ3n) is 14.1. The molecule has 73 heavy (non-hydrogen) atoms. The van der Waals surface area contributed by atoms with Crippen LogP contribution in [-0.4, -0.2) is 189 Å². The van der Waals surface area contributed by atoms with E-state index < -0.39 is 184 Å². The maximum absolute atomic E-state index is 14.2. The van der Waals surface area contributed by atoms with Gasteiger partial charge in [0.2, 0.25) is 0 Å². The molecule has 0 spiro atoms. The summed E-state index contributed by atoms with van der Waals surface area (Å²) in [7, 11) is 6.11. The molecular weight excluding hydrogens is 955 g/mol. The molecule has 4 aliphatic rings. The summed E-state index contributed by atoms with van der Waals surface area (Å²) in [4.78, 5) is 68.7. The molecule has 4 rings (SSSR count). The number of aliphatic hydroxyl groups excluding tert-OH is 2. The Hall–Kier alpha value is -3.25. The van der Waals surface area contributed by atoms with E-state index in [1.807, 2.05) is 0 Å². The van der Waals surface area contributed by atoms with E-state index in [9.17, 15) is 39.3 Å². The lowest BCUT2D eigenvalue weighted by molar-refractivity contribution is -0.342. The summed E-state index contributed by atoms with van der Waals surface area (Å²) in [6.45, 7) is 6.03. The molecule has 0 aromatic rings. The van der Waals surface area contributed by atoms with Crippen LogP contribution in [0.5, 0.6) is 0 Å². The summed E-state index contributed by atoms with van der Waals surface area (Å²) in [5.41, 5.74) is -1.51. The predicted octanol–water partition coefficient (Wildman–Crippen LogP) is 4.00. The standard InChI is InChI=1S/C53H87NO19/c1-16-38-36(26-65-52-49(64-15)48(63-14)44(60)31(7)67-52)22-28(4)17-18-37(57)29(5)23-35(19-20-55)46(30(6)39(69-34(10)56)24-41(59)70-38)73-51-45(61)43(54(12)13)47(32(8)68-51)72-42-25-53(11,62)50(33(9)66-42)71-40(58)21-27(2)3/h17-18,20,22,27,29-33,35-36,38-39,42-52,60-62H,16,19,21,23-26H2,1-15H3/b18-17+,28-22+/t29-,30+,31-,32-,33+,35?,36-,38-,39?,42+,43-,44-,45-,46-,47-,48-,49-,50+,51+,52-,53-/m1/s1/i2D3,3D3,21D2,27D. The maximum Gasteiger partial charge on any atom is 0.309 e. The number of ether oxygens (including phenoxy) is 11. The van der Waals surface area contributed by atoms with E-state index in [0.717, 1.165) is 6.92 Å². The van der Waals surface area contributed by atoms with Crippen LogP contribution in [0.15, 0.2) is 23.8 Å². The van der Waals surface area contributed by atoms with Gasteiger partial charge in [0.25, 0.3) is 0 Å². The maximum atomic E-state index is 14.2. The molecule has 20 heteroatoms. The minimum absolute atomic E-state index is 0.0328. The van der Waals surface area contributed by atoms with Crippen LogP contribution in [0, 0.1) is 29.6 Å². The summed E-state index contributed by atoms with van der Waals surface area (Å²) < 4.78 is 137. The van der Waals surface area contributed by atoms with Crippen LogP contribution >= 0.6 is 0 Å². The van der Waals surface area contributed by atoms with E-state index in [0.29, 0.717) is 11.9 Å². The largest absolute Gasteiger partial charge is 0.462 e. The molecule has 3 fully saturated rings. The molecule has 21 atom stereocenters. The number of carbonyl (C=O) groups is 5. The van der Waals surface area contributed by atoms with Crippen molar-refractivity contribution in [3.63, 3.8) is 0 Å². The molecule has 0 bridgehead atoms. The highest BCUT2D eigenvalue weighted by Gasteiger charge is 2.53. The summed E-state index contributed by atoms with van der Waals surface area (Å²) >= 11 is 0. The Morgan fingerprint density at radius 3 is 2.21 bits per heavy atom. The smallest absolute Gasteiger partial charge is 0.309 e. The van der Waals surface area contributed by atoms with Crippen molar-refractivity contribution >= 4 is 30.0 Å². The monoisotopic (exact) mass is 1050 g/mol. The van der Waals surface area contributed by atoms with Gasteiger partial charge in [-0.3, -0.25) is 19.2 Å². The van der Waals surface area contributed by atoms with Crippen molar-refractivity contribution in [2.45, 2.75) is 218 Å². The van der Waals surface area contributed by atoms with Gasteiger partial charge in [-0.25, -0.2) is 0 Å². The zero-order chi connectivity index (χ0) is 62.4. The highest BCUT2D eigenvalue weighted by atomic mass is 16.7. The van der Waals surface area contributed by atoms with Gasteiger partial charge in [-0.15, -0.1) is 0 Å². The lowest BCUT2D eigenvalue weighted by atomic mass is 9.79. The molecule has 418 valence electrons. The number of nitrogens with zero attached hydrogens (tertiary/aromatic N) is 1. The van der Waals surface area contributed by atoms with E-state index in [4.69, 9.17) is 64.4 Å². The summed E-state index contributed by atoms with van der Waals surface area (Å²) in [6.07, 6.45) is -16.7. The van der Waals surface area contributed by atoms with Gasteiger partial charge in [0.15, 0.2) is 30.8 Å². The molecule has 2 unspecified atom stereocenters. The summed E-state index contributed by atoms with van der Waals surface area (Å²) in [5.74, 6) is -11.0. The number of methoxy groups -OCH3 is 2. The Bertz CT molecular complexity index is 2200. The fourth-order valence-corrected chi connectivity index (χ4v) is 10.3. The van der Waals surface area contributed by atoms with Crippen molar-refractivity contribution in [2.75, 3.05) is 34.9 Å². The second-order valence-electron chi connectivity index (χ2n) is 20.2. The van der Waals surface area contributed by atoms with Crippen molar-refractivity contribution in [3.05, 3.63) is 23.8 Å². The topological polar surface area (TPSA) is 251 Å². The Labute approximate surface area is 444 Å². The fourth-order valence-electron chi connectivity index (χ4n) is 10.3. The molecule has 4 aliphatic heterocycles. The Morgan fingerprint density at radius 2 is 1.62 bits per heavy atom. The Morgan fingerprint density at radius 1 is 0.945 bits per heavy atom. The van der Waals surface area contributed by atoms with Crippen molar-refractivity contribution < 1.29 is 104 Å². The molecule has 0 saturated carbocycles. The normalized spacial score (nSPS) is 44.1. The average molecular weight is 1050 g/mol. The first-order valence-electron chi connectivity index (χ1n) is 29.4. The van der Waals surface area contributed by atoms with E-state index in [1.165, 1.54) is 34.1 Å². The quantitative estimate of drug-likeness (QED) is 0.106. The van der Waals surface area contributed by atoms with Gasteiger partial charge in [0.05, 0.1) is 43.5 Å². The van der Waals surface area contributed by atoms with Crippen LogP contribution in [0.3, 0.4) is 0 Å². The number of carbonyl (C=O) groups excluding carboxylic acids is 5. The number of likely N-dealkylation sites (N-methyl/N-ethyl adjacent to an activating group) is 1. The van der Waals surface area contributed by atoms with Gasteiger partial charge >= 0.3 is 17.9 Å². The molecule has 0 amide bonds. The van der Waals surface area contributed by atoms with Crippen molar-refractivity contribution in [1.29, 1.82) is 0 Å². The number of cyclic esters (lactones) is 1. The molecule has 0 aromatic heterocycles. The molecule has 0 radical (unpaired) electrons. The van der Waals surface area contributed by atoms with Crippen LogP contribution in [0.2, 0.25) is 0 Å². The van der Waals surface area contributed by atoms with Crippen LogP contribution < -0.4 is 0 Å². The third-order valence-corrected chi connectivity index (χ3v) is 14.1. The zero-order valence-electron chi connectivity index (χ0n) is 53.4. The van der Waals surface area contributed by atoms with Crippen molar-refractivity contribution in [3.8, 4) is 0 Å². The molecule has 3 saturated heterocycles. The molecule has 0 aromatic carbocycles. The first kappa shape index (κ1) is 49.3. The number of aliphatic hydroxyl groups is 3. The average Bonchev–Trinajstić information content (AvgIpc) is 3.57. The first-order chi connectivity index (χ1) is 37.8. The van der Waals surface area contributed by atoms with Crippen LogP contribution in [0.1, 0.15) is 127 Å². The Balaban J connectivity index is 1.65. The molecular formula is C53H87NO19. The van der Waals surface area contributed by atoms with E-state index >= 15 is 0 Å². The minimum Gasteiger partial charge on any atom is -0.462 e. The highest BCUT2D eigenvalue weighted by molar-refractivity contribution is 5.91. The molecule has 20 nitrogen and oxygen atoms in total. The van der Waals surface area contributed by atoms with Gasteiger partial charge in [-0.2, -0.15) is 0 Å². The molecule has 4 heterocycles. The number of aldehydes is 1. The SMILES string of the molecule is [2H]C([2H])([2H])C([2H])(C([2H])([2H])[2H])C([2H])([2H])C(=O)O[C@H]1[C@H](C)O[C@@H](O[C@H]2[C@H](N(C)C)[C@@H](O)[C@H](O[C@H]3C(CC=O)C[C@@H](C)C(=O)/C=C/C(C)=C/[C@H](CO[C@@H]4O[C@H](C)[C@@H](O)[C@@H](OC)[C@H]4OC)[C@@H](CC)OC(=O)CC(OC(C)=O)[C@@H]3C)O[C@@H]2C)C[C@@]1(C)O. The highest BCUT2D eigenvalue weighted by Crippen LogP contribution is 2.39. The zero-order valence-corrected chi connectivity index (χ0v) is 44.4. The predicted molar refractivity (Wildman–Crippen MR) is 263 cm³/mol. The molecule has 0 aliphatic carbocycles. The van der Waals surface area contributed by atoms with Gasteiger partial charge in [0.1, 0.15) is 54.6 Å². The third kappa shape index (κ3) is 16.9. The van der Waals surface area contributed by atoms with E-state index in [2.05, 4.69) is 0 Å². The second-order valence-corrected chi connectivity index (χ2v) is 20.2. The van der Waals surface area contributed by atoms with Crippen LogP contribution in [-0.2, 0) is 76.1 Å². The van der Waals surface area contributed by atoms with Gasteiger partial charge < -0.3 is 77.1 Å². The van der Waals surface area contributed by atoms with Gasteiger partial charge in [0, 0.05) is 70.4 Å². The second kappa shape index (κ2) is 28.2. The Kier molecular flexibility index (Phi) is 19.1. The number of hydrogen-bond donors (Lipinski definition) is 3. The van der Waals surface area contributed by atoms with Crippen molar-refractivity contribution in [2.24, 2.45) is 29.6 Å². The number of rotatable bonds is 17. The summed E-state index contributed by atoms with van der Waals surface area (Å²) in [5, 5.41) is 34.8. The minimum atomic E-state index is -3.98. The summed E-state index contributed by atoms with van der Waals surface area (Å²) in [6, 6.07) is -1.01.